The quantitative estimate of drug-likeness (QED) is 0.465. The van der Waals surface area contributed by atoms with Crippen LogP contribution in [0.25, 0.3) is 16.9 Å². The van der Waals surface area contributed by atoms with E-state index in [0.29, 0.717) is 23.3 Å². The summed E-state index contributed by atoms with van der Waals surface area (Å²) in [5.74, 6) is 0.635. The Morgan fingerprint density at radius 3 is 2.42 bits per heavy atom. The number of benzene rings is 2. The van der Waals surface area contributed by atoms with Crippen molar-refractivity contribution in [2.45, 2.75) is 33.1 Å². The van der Waals surface area contributed by atoms with Gasteiger partial charge in [-0.3, -0.25) is 9.59 Å². The lowest BCUT2D eigenvalue weighted by Gasteiger charge is -2.12. The molecule has 0 unspecified atom stereocenters. The van der Waals surface area contributed by atoms with Crippen molar-refractivity contribution in [3.05, 3.63) is 81.8 Å². The van der Waals surface area contributed by atoms with E-state index in [1.165, 1.54) is 10.1 Å². The Labute approximate surface area is 192 Å². The molecule has 1 N–H and O–H groups in total. The number of rotatable bonds is 7. The summed E-state index contributed by atoms with van der Waals surface area (Å²) in [7, 11) is 3.53. The lowest BCUT2D eigenvalue weighted by molar-refractivity contribution is -0.116. The minimum atomic E-state index is -0.194. The molecule has 4 rings (SSSR count). The maximum absolute atomic E-state index is 13.2. The molecule has 0 spiro atoms. The Morgan fingerprint density at radius 2 is 1.79 bits per heavy atom. The van der Waals surface area contributed by atoms with E-state index in [1.807, 2.05) is 73.1 Å². The smallest absolute Gasteiger partial charge is 0.277 e. The lowest BCUT2D eigenvalue weighted by atomic mass is 10.1. The van der Waals surface area contributed by atoms with Crippen LogP contribution in [-0.4, -0.2) is 27.2 Å². The third-order valence-corrected chi connectivity index (χ3v) is 6.06. The van der Waals surface area contributed by atoms with Crippen LogP contribution in [0.3, 0.4) is 0 Å². The number of hydrogen-bond acceptors (Lipinski definition) is 4. The molecule has 2 heterocycles. The van der Waals surface area contributed by atoms with Gasteiger partial charge in [-0.2, -0.15) is 9.61 Å². The molecule has 0 bridgehead atoms. The Bertz CT molecular complexity index is 1350. The zero-order valence-corrected chi connectivity index (χ0v) is 19.4. The average Bonchev–Trinajstić information content (AvgIpc) is 3.29. The summed E-state index contributed by atoms with van der Waals surface area (Å²) < 4.78 is 8.58. The molecule has 2 aromatic heterocycles. The van der Waals surface area contributed by atoms with Crippen molar-refractivity contribution in [3.8, 4) is 17.0 Å². The summed E-state index contributed by atoms with van der Waals surface area (Å²) in [5.41, 5.74) is 5.50. The number of aryl methyl sites for hydroxylation is 2. The van der Waals surface area contributed by atoms with Crippen LogP contribution >= 0.6 is 0 Å². The van der Waals surface area contributed by atoms with E-state index in [2.05, 4.69) is 17.3 Å². The summed E-state index contributed by atoms with van der Waals surface area (Å²) in [6.07, 6.45) is 1.50. The number of hydrogen-bond donors (Lipinski definition) is 1. The molecular formula is C26H28N4O3. The number of methoxy groups -OCH3 is 1. The fourth-order valence-electron chi connectivity index (χ4n) is 3.89. The number of nitrogens with zero attached hydrogens (tertiary/aromatic N) is 3. The van der Waals surface area contributed by atoms with Crippen LogP contribution in [-0.2, 0) is 24.7 Å². The highest BCUT2D eigenvalue weighted by Crippen LogP contribution is 2.23. The van der Waals surface area contributed by atoms with Crippen molar-refractivity contribution in [1.29, 1.82) is 0 Å². The van der Waals surface area contributed by atoms with Crippen LogP contribution in [0, 0.1) is 6.92 Å². The Balaban J connectivity index is 1.57. The number of anilines is 1. The number of amides is 1. The second-order valence-corrected chi connectivity index (χ2v) is 8.05. The number of fused-ring (bicyclic) bond motifs is 1. The van der Waals surface area contributed by atoms with Gasteiger partial charge in [0.2, 0.25) is 5.91 Å². The molecular weight excluding hydrogens is 416 g/mol. The van der Waals surface area contributed by atoms with Gasteiger partial charge in [-0.05, 0) is 61.7 Å². The normalized spacial score (nSPS) is 11.0. The second-order valence-electron chi connectivity index (χ2n) is 8.05. The molecule has 0 aliphatic carbocycles. The van der Waals surface area contributed by atoms with Gasteiger partial charge in [-0.25, -0.2) is 0 Å². The maximum Gasteiger partial charge on any atom is 0.277 e. The second kappa shape index (κ2) is 9.32. The minimum Gasteiger partial charge on any atom is -0.497 e. The molecule has 33 heavy (non-hydrogen) atoms. The topological polar surface area (TPSA) is 77.6 Å². The van der Waals surface area contributed by atoms with Crippen molar-refractivity contribution in [2.24, 2.45) is 7.05 Å². The molecule has 0 fully saturated rings. The van der Waals surface area contributed by atoms with E-state index in [-0.39, 0.29) is 17.9 Å². The van der Waals surface area contributed by atoms with Gasteiger partial charge in [0.05, 0.1) is 12.8 Å². The van der Waals surface area contributed by atoms with Gasteiger partial charge in [0.25, 0.3) is 5.56 Å². The van der Waals surface area contributed by atoms with Gasteiger partial charge in [-0.15, -0.1) is 0 Å². The molecule has 2 aromatic carbocycles. The van der Waals surface area contributed by atoms with Gasteiger partial charge in [0.1, 0.15) is 11.4 Å². The summed E-state index contributed by atoms with van der Waals surface area (Å²) in [6, 6.07) is 17.3. The molecule has 0 saturated heterocycles. The van der Waals surface area contributed by atoms with Crippen LogP contribution in [0.15, 0.2) is 59.4 Å². The Hall–Kier alpha value is -3.87. The SMILES string of the molecule is CCc1ccc(NC(=O)CCc2c(C)n(C)c3cc(-c4ccc(OC)cc4)nn3c2=O)cc1. The van der Waals surface area contributed by atoms with Gasteiger partial charge in [0, 0.05) is 42.0 Å². The van der Waals surface area contributed by atoms with Crippen LogP contribution in [0.1, 0.15) is 30.2 Å². The molecule has 4 aromatic rings. The van der Waals surface area contributed by atoms with Crippen molar-refractivity contribution < 1.29 is 9.53 Å². The Morgan fingerprint density at radius 1 is 1.09 bits per heavy atom. The van der Waals surface area contributed by atoms with E-state index >= 15 is 0 Å². The van der Waals surface area contributed by atoms with Crippen molar-refractivity contribution in [2.75, 3.05) is 12.4 Å². The first-order valence-electron chi connectivity index (χ1n) is 11.0. The van der Waals surface area contributed by atoms with Gasteiger partial charge >= 0.3 is 0 Å². The zero-order chi connectivity index (χ0) is 23.5. The fraction of sp³-hybridized carbons (Fsp3) is 0.269. The van der Waals surface area contributed by atoms with E-state index in [9.17, 15) is 9.59 Å². The van der Waals surface area contributed by atoms with E-state index in [1.54, 1.807) is 7.11 Å². The predicted octanol–water partition coefficient (Wildman–Crippen LogP) is 4.15. The first-order valence-corrected chi connectivity index (χ1v) is 11.0. The van der Waals surface area contributed by atoms with Crippen LogP contribution < -0.4 is 15.6 Å². The first kappa shape index (κ1) is 22.3. The molecule has 1 amide bonds. The van der Waals surface area contributed by atoms with Crippen molar-refractivity contribution in [3.63, 3.8) is 0 Å². The number of carbonyl (C=O) groups is 1. The minimum absolute atomic E-state index is 0.125. The highest BCUT2D eigenvalue weighted by Gasteiger charge is 2.17. The standard InChI is InChI=1S/C26H28N4O3/c1-5-18-6-10-20(11-7-18)27-24(31)15-14-22-17(2)29(3)25-16-23(28-30(25)26(22)32)19-8-12-21(33-4)13-9-19/h6-13,16H,5,14-15H2,1-4H3,(H,27,31). The number of nitrogens with one attached hydrogen (secondary N) is 1. The number of aromatic nitrogens is 3. The average molecular weight is 445 g/mol. The maximum atomic E-state index is 13.2. The van der Waals surface area contributed by atoms with Gasteiger partial charge in [-0.1, -0.05) is 19.1 Å². The lowest BCUT2D eigenvalue weighted by Crippen LogP contribution is -2.26. The third-order valence-electron chi connectivity index (χ3n) is 6.06. The zero-order valence-electron chi connectivity index (χ0n) is 19.4. The highest BCUT2D eigenvalue weighted by atomic mass is 16.5. The summed E-state index contributed by atoms with van der Waals surface area (Å²) >= 11 is 0. The monoisotopic (exact) mass is 444 g/mol. The largest absolute Gasteiger partial charge is 0.497 e. The molecule has 0 saturated carbocycles. The fourth-order valence-corrected chi connectivity index (χ4v) is 3.89. The molecule has 0 aliphatic heterocycles. The van der Waals surface area contributed by atoms with Crippen LogP contribution in [0.4, 0.5) is 5.69 Å². The molecule has 0 atom stereocenters. The van der Waals surface area contributed by atoms with E-state index in [4.69, 9.17) is 4.74 Å². The highest BCUT2D eigenvalue weighted by molar-refractivity contribution is 5.90. The summed E-state index contributed by atoms with van der Waals surface area (Å²) in [6.45, 7) is 3.99. The van der Waals surface area contributed by atoms with Gasteiger partial charge < -0.3 is 14.6 Å². The molecule has 0 radical (unpaired) electrons. The number of ether oxygens (including phenoxy) is 1. The molecule has 7 heteroatoms. The first-order chi connectivity index (χ1) is 15.9. The van der Waals surface area contributed by atoms with E-state index in [0.717, 1.165) is 29.1 Å². The molecule has 0 aliphatic rings. The molecule has 170 valence electrons. The summed E-state index contributed by atoms with van der Waals surface area (Å²) in [4.78, 5) is 25.7. The summed E-state index contributed by atoms with van der Waals surface area (Å²) in [5, 5.41) is 7.46. The van der Waals surface area contributed by atoms with Crippen molar-refractivity contribution >= 4 is 17.2 Å². The van der Waals surface area contributed by atoms with E-state index < -0.39 is 0 Å². The van der Waals surface area contributed by atoms with Gasteiger partial charge in [0.15, 0.2) is 0 Å². The van der Waals surface area contributed by atoms with Crippen molar-refractivity contribution in [1.82, 2.24) is 14.2 Å². The predicted molar refractivity (Wildman–Crippen MR) is 130 cm³/mol. The van der Waals surface area contributed by atoms with Crippen LogP contribution in [0.2, 0.25) is 0 Å². The van der Waals surface area contributed by atoms with Crippen LogP contribution in [0.5, 0.6) is 5.75 Å². The third kappa shape index (κ3) is 4.53. The number of carbonyl (C=O) groups excluding carboxylic acids is 1. The Kier molecular flexibility index (Phi) is 6.31. The molecule has 7 nitrogen and oxygen atoms in total.